The van der Waals surface area contributed by atoms with Crippen LogP contribution in [-0.4, -0.2) is 27.5 Å². The van der Waals surface area contributed by atoms with Gasteiger partial charge in [0.25, 0.3) is 0 Å². The number of rotatable bonds is 4. The van der Waals surface area contributed by atoms with Gasteiger partial charge >= 0.3 is 0 Å². The van der Waals surface area contributed by atoms with Gasteiger partial charge in [0.1, 0.15) is 5.82 Å². The van der Waals surface area contributed by atoms with E-state index in [1.165, 1.54) is 0 Å². The Labute approximate surface area is 133 Å². The molecule has 0 saturated carbocycles. The third-order valence-corrected chi connectivity index (χ3v) is 4.12. The summed E-state index contributed by atoms with van der Waals surface area (Å²) in [6.45, 7) is 1.48. The van der Waals surface area contributed by atoms with Gasteiger partial charge in [0.2, 0.25) is 5.95 Å². The van der Waals surface area contributed by atoms with Crippen molar-refractivity contribution in [3.63, 3.8) is 0 Å². The van der Waals surface area contributed by atoms with Crippen molar-refractivity contribution >= 4 is 29.2 Å². The zero-order chi connectivity index (χ0) is 14.8. The van der Waals surface area contributed by atoms with Crippen LogP contribution in [-0.2, 0) is 17.7 Å². The summed E-state index contributed by atoms with van der Waals surface area (Å²) < 4.78 is 7.45. The zero-order valence-corrected chi connectivity index (χ0v) is 12.9. The molecule has 2 N–H and O–H groups in total. The number of nitrogen functional groups attached to an aromatic ring is 1. The lowest BCUT2D eigenvalue weighted by Gasteiger charge is -2.11. The molecule has 1 aromatic heterocycles. The van der Waals surface area contributed by atoms with E-state index in [1.54, 1.807) is 6.07 Å². The lowest BCUT2D eigenvalue weighted by atomic mass is 10.1. The Morgan fingerprint density at radius 2 is 2.24 bits per heavy atom. The zero-order valence-electron chi connectivity index (χ0n) is 11.4. The Morgan fingerprint density at radius 3 is 2.95 bits per heavy atom. The van der Waals surface area contributed by atoms with Crippen LogP contribution in [0.1, 0.15) is 24.2 Å². The number of halogens is 2. The topological polar surface area (TPSA) is 66.0 Å². The van der Waals surface area contributed by atoms with E-state index >= 15 is 0 Å². The van der Waals surface area contributed by atoms with Gasteiger partial charge in [-0.05, 0) is 30.5 Å². The Kier molecular flexibility index (Phi) is 4.33. The highest BCUT2D eigenvalue weighted by Gasteiger charge is 2.19. The number of nitrogens with two attached hydrogens (primary N) is 1. The van der Waals surface area contributed by atoms with Gasteiger partial charge in [0.15, 0.2) is 0 Å². The second-order valence-electron chi connectivity index (χ2n) is 5.12. The van der Waals surface area contributed by atoms with Gasteiger partial charge in [-0.15, -0.1) is 5.10 Å². The van der Waals surface area contributed by atoms with Gasteiger partial charge in [0.05, 0.1) is 12.6 Å². The molecule has 1 aromatic carbocycles. The Balaban J connectivity index is 1.81. The van der Waals surface area contributed by atoms with Gasteiger partial charge < -0.3 is 10.5 Å². The molecule has 1 aliphatic rings. The van der Waals surface area contributed by atoms with Crippen LogP contribution in [0, 0.1) is 0 Å². The molecular weight excluding hydrogens is 311 g/mol. The molecule has 21 heavy (non-hydrogen) atoms. The SMILES string of the molecule is Nc1nc(Cc2ccc(Cl)cc2Cl)n(CC2CCCO2)n1. The molecule has 1 fully saturated rings. The first-order valence-electron chi connectivity index (χ1n) is 6.86. The van der Waals surface area contributed by atoms with Gasteiger partial charge in [-0.3, -0.25) is 0 Å². The van der Waals surface area contributed by atoms with Crippen molar-refractivity contribution in [1.29, 1.82) is 0 Å². The van der Waals surface area contributed by atoms with E-state index in [-0.39, 0.29) is 12.1 Å². The Morgan fingerprint density at radius 1 is 1.38 bits per heavy atom. The predicted octanol–water partition coefficient (Wildman–Crippen LogP) is 2.94. The average molecular weight is 327 g/mol. The second-order valence-corrected chi connectivity index (χ2v) is 5.96. The lowest BCUT2D eigenvalue weighted by molar-refractivity contribution is 0.0932. The summed E-state index contributed by atoms with van der Waals surface area (Å²) in [6.07, 6.45) is 2.88. The van der Waals surface area contributed by atoms with Crippen LogP contribution in [0.25, 0.3) is 0 Å². The van der Waals surface area contributed by atoms with E-state index in [0.29, 0.717) is 23.0 Å². The summed E-state index contributed by atoms with van der Waals surface area (Å²) in [5.41, 5.74) is 6.68. The first-order chi connectivity index (χ1) is 10.1. The largest absolute Gasteiger partial charge is 0.376 e. The van der Waals surface area contributed by atoms with Crippen LogP contribution in [0.5, 0.6) is 0 Å². The minimum Gasteiger partial charge on any atom is -0.376 e. The quantitative estimate of drug-likeness (QED) is 0.938. The number of hydrogen-bond donors (Lipinski definition) is 1. The van der Waals surface area contributed by atoms with Crippen LogP contribution in [0.2, 0.25) is 10.0 Å². The summed E-state index contributed by atoms with van der Waals surface area (Å²) in [4.78, 5) is 4.29. The molecule has 1 unspecified atom stereocenters. The molecule has 2 heterocycles. The maximum atomic E-state index is 6.21. The number of aromatic nitrogens is 3. The smallest absolute Gasteiger partial charge is 0.239 e. The number of benzene rings is 1. The van der Waals surface area contributed by atoms with Crippen LogP contribution < -0.4 is 5.73 Å². The maximum absolute atomic E-state index is 6.21. The predicted molar refractivity (Wildman–Crippen MR) is 82.7 cm³/mol. The summed E-state index contributed by atoms with van der Waals surface area (Å²) in [5.74, 6) is 1.06. The molecule has 1 aliphatic heterocycles. The number of hydrogen-bond acceptors (Lipinski definition) is 4. The van der Waals surface area contributed by atoms with E-state index < -0.39 is 0 Å². The monoisotopic (exact) mass is 326 g/mol. The lowest BCUT2D eigenvalue weighted by Crippen LogP contribution is -2.18. The van der Waals surface area contributed by atoms with Gasteiger partial charge in [-0.25, -0.2) is 4.68 Å². The molecule has 0 spiro atoms. The van der Waals surface area contributed by atoms with E-state index in [1.807, 2.05) is 16.8 Å². The van der Waals surface area contributed by atoms with E-state index in [4.69, 9.17) is 33.7 Å². The Bertz CT molecular complexity index is 638. The molecule has 5 nitrogen and oxygen atoms in total. The summed E-state index contributed by atoms with van der Waals surface area (Å²) >= 11 is 12.1. The molecule has 7 heteroatoms. The summed E-state index contributed by atoms with van der Waals surface area (Å²) in [7, 11) is 0. The molecule has 0 bridgehead atoms. The molecule has 2 aromatic rings. The first-order valence-corrected chi connectivity index (χ1v) is 7.62. The van der Waals surface area contributed by atoms with Crippen LogP contribution >= 0.6 is 23.2 Å². The minimum atomic E-state index is 0.186. The number of nitrogens with zero attached hydrogens (tertiary/aromatic N) is 3. The standard InChI is InChI=1S/C14H16Cl2N4O/c15-10-4-3-9(12(16)7-10)6-13-18-14(17)19-20(13)8-11-2-1-5-21-11/h3-4,7,11H,1-2,5-6,8H2,(H2,17,19). The first kappa shape index (κ1) is 14.6. The third-order valence-electron chi connectivity index (χ3n) is 3.53. The summed E-state index contributed by atoms with van der Waals surface area (Å²) in [6, 6.07) is 5.43. The maximum Gasteiger partial charge on any atom is 0.239 e. The molecule has 1 saturated heterocycles. The van der Waals surface area contributed by atoms with Crippen molar-refractivity contribution in [2.24, 2.45) is 0 Å². The Hall–Kier alpha value is -1.30. The van der Waals surface area contributed by atoms with Crippen LogP contribution in [0.4, 0.5) is 5.95 Å². The fourth-order valence-electron chi connectivity index (χ4n) is 2.49. The molecule has 0 radical (unpaired) electrons. The summed E-state index contributed by atoms with van der Waals surface area (Å²) in [5, 5.41) is 5.48. The minimum absolute atomic E-state index is 0.186. The molecule has 1 atom stereocenters. The van der Waals surface area contributed by atoms with Gasteiger partial charge in [0, 0.05) is 23.1 Å². The van der Waals surface area contributed by atoms with Gasteiger partial charge in [-0.2, -0.15) is 4.98 Å². The van der Waals surface area contributed by atoms with E-state index in [0.717, 1.165) is 30.8 Å². The molecule has 3 rings (SSSR count). The highest BCUT2D eigenvalue weighted by atomic mass is 35.5. The average Bonchev–Trinajstić information content (AvgIpc) is 3.04. The van der Waals surface area contributed by atoms with Crippen molar-refractivity contribution in [2.45, 2.75) is 31.9 Å². The van der Waals surface area contributed by atoms with Crippen molar-refractivity contribution in [3.8, 4) is 0 Å². The normalized spacial score (nSPS) is 18.3. The molecular formula is C14H16Cl2N4O. The fraction of sp³-hybridized carbons (Fsp3) is 0.429. The van der Waals surface area contributed by atoms with Crippen LogP contribution in [0.15, 0.2) is 18.2 Å². The molecule has 0 aliphatic carbocycles. The van der Waals surface area contributed by atoms with Crippen molar-refractivity contribution in [2.75, 3.05) is 12.3 Å². The molecule has 0 amide bonds. The second kappa shape index (κ2) is 6.22. The molecule has 112 valence electrons. The highest BCUT2D eigenvalue weighted by Crippen LogP contribution is 2.23. The number of anilines is 1. The van der Waals surface area contributed by atoms with Crippen molar-refractivity contribution in [1.82, 2.24) is 14.8 Å². The highest BCUT2D eigenvalue weighted by molar-refractivity contribution is 6.35. The van der Waals surface area contributed by atoms with Crippen LogP contribution in [0.3, 0.4) is 0 Å². The van der Waals surface area contributed by atoms with Crippen molar-refractivity contribution < 1.29 is 4.74 Å². The van der Waals surface area contributed by atoms with Gasteiger partial charge in [-0.1, -0.05) is 29.3 Å². The fourth-order valence-corrected chi connectivity index (χ4v) is 2.96. The van der Waals surface area contributed by atoms with Crippen molar-refractivity contribution in [3.05, 3.63) is 39.6 Å². The van der Waals surface area contributed by atoms with E-state index in [9.17, 15) is 0 Å². The van der Waals surface area contributed by atoms with E-state index in [2.05, 4.69) is 10.1 Å². The number of ether oxygens (including phenoxy) is 1. The third kappa shape index (κ3) is 3.48.